The first kappa shape index (κ1) is 22.3. The molecule has 3 N–H and O–H groups in total. The first-order valence-electron chi connectivity index (χ1n) is 9.73. The lowest BCUT2D eigenvalue weighted by Crippen LogP contribution is -2.39. The van der Waals surface area contributed by atoms with Crippen LogP contribution < -0.4 is 15.5 Å². The van der Waals surface area contributed by atoms with Gasteiger partial charge >= 0.3 is 12.1 Å². The lowest BCUT2D eigenvalue weighted by atomic mass is 10.0. The number of nitrogens with one attached hydrogen (secondary N) is 2. The van der Waals surface area contributed by atoms with Crippen molar-refractivity contribution in [1.82, 2.24) is 15.3 Å². The number of halogens is 3. The van der Waals surface area contributed by atoms with Crippen LogP contribution in [0.25, 0.3) is 0 Å². The number of carbonyl (C=O) groups excluding carboxylic acids is 1. The summed E-state index contributed by atoms with van der Waals surface area (Å²) in [7, 11) is 0. The van der Waals surface area contributed by atoms with Crippen LogP contribution in [0.2, 0.25) is 0 Å². The van der Waals surface area contributed by atoms with E-state index >= 15 is 0 Å². The molecule has 1 aliphatic rings. The molecular formula is C20H22F3N5O3. The number of piperidine rings is 1. The smallest absolute Gasteiger partial charge is 0.416 e. The quantitative estimate of drug-likeness (QED) is 0.611. The third kappa shape index (κ3) is 6.30. The van der Waals surface area contributed by atoms with E-state index in [0.29, 0.717) is 37.6 Å². The van der Waals surface area contributed by atoms with Gasteiger partial charge in [0.15, 0.2) is 0 Å². The minimum atomic E-state index is -4.61. The zero-order valence-corrected chi connectivity index (χ0v) is 16.5. The van der Waals surface area contributed by atoms with Gasteiger partial charge in [-0.25, -0.2) is 9.97 Å². The molecule has 11 heteroatoms. The number of aliphatic carboxylic acids is 1. The molecule has 0 saturated carbocycles. The highest BCUT2D eigenvalue weighted by Crippen LogP contribution is 2.34. The lowest BCUT2D eigenvalue weighted by Gasteiger charge is -2.34. The summed E-state index contributed by atoms with van der Waals surface area (Å²) in [5, 5.41) is 14.2. The third-order valence-corrected chi connectivity index (χ3v) is 4.89. The van der Waals surface area contributed by atoms with E-state index in [4.69, 9.17) is 5.11 Å². The van der Waals surface area contributed by atoms with Crippen molar-refractivity contribution in [3.8, 4) is 0 Å². The van der Waals surface area contributed by atoms with E-state index in [-0.39, 0.29) is 24.6 Å². The average molecular weight is 437 g/mol. The number of amides is 1. The van der Waals surface area contributed by atoms with Crippen LogP contribution in [0, 0.1) is 0 Å². The number of carbonyl (C=O) groups is 2. The Morgan fingerprint density at radius 3 is 2.42 bits per heavy atom. The third-order valence-electron chi connectivity index (χ3n) is 4.89. The van der Waals surface area contributed by atoms with Crippen LogP contribution in [0.1, 0.15) is 35.2 Å². The maximum Gasteiger partial charge on any atom is 0.416 e. The van der Waals surface area contributed by atoms with Gasteiger partial charge in [-0.3, -0.25) is 9.59 Å². The van der Waals surface area contributed by atoms with Crippen LogP contribution in [-0.2, 0) is 11.0 Å². The zero-order valence-electron chi connectivity index (χ0n) is 16.5. The Kier molecular flexibility index (Phi) is 6.93. The fraction of sp³-hybridized carbons (Fsp3) is 0.400. The number of rotatable bonds is 7. The first-order chi connectivity index (χ1) is 14.7. The van der Waals surface area contributed by atoms with E-state index in [9.17, 15) is 22.8 Å². The van der Waals surface area contributed by atoms with Gasteiger partial charge in [-0.05, 0) is 37.1 Å². The number of hydrogen-bond donors (Lipinski definition) is 3. The summed E-state index contributed by atoms with van der Waals surface area (Å²) in [6, 6.07) is 5.00. The molecule has 0 bridgehead atoms. The number of carboxylic acids is 1. The van der Waals surface area contributed by atoms with Crippen molar-refractivity contribution in [2.45, 2.75) is 31.5 Å². The van der Waals surface area contributed by atoms with E-state index in [1.807, 2.05) is 0 Å². The fourth-order valence-corrected chi connectivity index (χ4v) is 3.31. The van der Waals surface area contributed by atoms with Gasteiger partial charge in [0.05, 0.1) is 12.0 Å². The van der Waals surface area contributed by atoms with Crippen LogP contribution in [-0.4, -0.2) is 52.6 Å². The second-order valence-corrected chi connectivity index (χ2v) is 7.14. The highest BCUT2D eigenvalue weighted by atomic mass is 19.4. The Morgan fingerprint density at radius 2 is 1.81 bits per heavy atom. The van der Waals surface area contributed by atoms with Gasteiger partial charge in [0.25, 0.3) is 5.91 Å². The van der Waals surface area contributed by atoms with Crippen molar-refractivity contribution in [2.75, 3.05) is 29.9 Å². The van der Waals surface area contributed by atoms with E-state index < -0.39 is 23.6 Å². The Bertz CT molecular complexity index is 916. The number of nitrogens with zero attached hydrogens (tertiary/aromatic N) is 3. The monoisotopic (exact) mass is 437 g/mol. The maximum absolute atomic E-state index is 13.4. The number of anilines is 2. The SMILES string of the molecule is O=C(O)CCNC(=O)c1cc(N2CCC(Nc3ncccn3)CC2)cc(C(F)(F)F)c1. The number of carboxylic acid groups (broad SMARTS) is 1. The summed E-state index contributed by atoms with van der Waals surface area (Å²) in [5.41, 5.74) is -0.785. The maximum atomic E-state index is 13.4. The molecule has 0 spiro atoms. The molecule has 31 heavy (non-hydrogen) atoms. The van der Waals surface area contributed by atoms with Crippen LogP contribution in [0.5, 0.6) is 0 Å². The summed E-state index contributed by atoms with van der Waals surface area (Å²) in [5.74, 6) is -1.35. The Balaban J connectivity index is 1.71. The van der Waals surface area contributed by atoms with Crippen LogP contribution in [0.3, 0.4) is 0 Å². The molecule has 3 rings (SSSR count). The van der Waals surface area contributed by atoms with Crippen molar-refractivity contribution >= 4 is 23.5 Å². The Labute approximate surface area is 176 Å². The Hall–Kier alpha value is -3.37. The minimum Gasteiger partial charge on any atom is -0.481 e. The van der Waals surface area contributed by atoms with Crippen molar-refractivity contribution in [2.24, 2.45) is 0 Å². The van der Waals surface area contributed by atoms with Crippen molar-refractivity contribution in [3.63, 3.8) is 0 Å². The molecule has 0 unspecified atom stereocenters. The minimum absolute atomic E-state index is 0.0863. The molecular weight excluding hydrogens is 415 g/mol. The van der Waals surface area contributed by atoms with E-state index in [0.717, 1.165) is 12.1 Å². The van der Waals surface area contributed by atoms with Gasteiger partial charge in [0.2, 0.25) is 5.95 Å². The summed E-state index contributed by atoms with van der Waals surface area (Å²) < 4.78 is 40.2. The standard InChI is InChI=1S/C20H22F3N5O3/c21-20(22,23)14-10-13(18(31)24-7-2-17(29)30)11-16(12-14)28-8-3-15(4-9-28)27-19-25-5-1-6-26-19/h1,5-6,10-12,15H,2-4,7-9H2,(H,24,31)(H,29,30)(H,25,26,27). The summed E-state index contributed by atoms with van der Waals surface area (Å²) >= 11 is 0. The molecule has 2 aromatic rings. The lowest BCUT2D eigenvalue weighted by molar-refractivity contribution is -0.138. The Morgan fingerprint density at radius 1 is 1.13 bits per heavy atom. The van der Waals surface area contributed by atoms with E-state index in [1.54, 1.807) is 23.4 Å². The molecule has 0 radical (unpaired) electrons. The number of alkyl halides is 3. The topological polar surface area (TPSA) is 107 Å². The fourth-order valence-electron chi connectivity index (χ4n) is 3.31. The molecule has 1 aromatic heterocycles. The van der Waals surface area contributed by atoms with Gasteiger partial charge in [-0.2, -0.15) is 13.2 Å². The van der Waals surface area contributed by atoms with Gasteiger partial charge in [0.1, 0.15) is 0 Å². The molecule has 0 atom stereocenters. The van der Waals surface area contributed by atoms with Crippen molar-refractivity contribution in [1.29, 1.82) is 0 Å². The predicted molar refractivity (Wildman–Crippen MR) is 107 cm³/mol. The molecule has 1 aromatic carbocycles. The van der Waals surface area contributed by atoms with Crippen LogP contribution >= 0.6 is 0 Å². The molecule has 1 aliphatic heterocycles. The average Bonchev–Trinajstić information content (AvgIpc) is 2.74. The van der Waals surface area contributed by atoms with Gasteiger partial charge in [-0.15, -0.1) is 0 Å². The van der Waals surface area contributed by atoms with Gasteiger partial charge in [-0.1, -0.05) is 0 Å². The molecule has 1 amide bonds. The number of hydrogen-bond acceptors (Lipinski definition) is 6. The van der Waals surface area contributed by atoms with Crippen LogP contribution in [0.4, 0.5) is 24.8 Å². The summed E-state index contributed by atoms with van der Waals surface area (Å²) in [4.78, 5) is 32.9. The second kappa shape index (κ2) is 9.63. The highest BCUT2D eigenvalue weighted by molar-refractivity contribution is 5.95. The van der Waals surface area contributed by atoms with Crippen molar-refractivity contribution in [3.05, 3.63) is 47.8 Å². The molecule has 0 aliphatic carbocycles. The predicted octanol–water partition coefficient (Wildman–Crippen LogP) is 2.78. The summed E-state index contributed by atoms with van der Waals surface area (Å²) in [6.45, 7) is 0.816. The van der Waals surface area contributed by atoms with Gasteiger partial charge < -0.3 is 20.6 Å². The second-order valence-electron chi connectivity index (χ2n) is 7.14. The zero-order chi connectivity index (χ0) is 22.4. The summed E-state index contributed by atoms with van der Waals surface area (Å²) in [6.07, 6.45) is -0.366. The number of benzene rings is 1. The first-order valence-corrected chi connectivity index (χ1v) is 9.73. The van der Waals surface area contributed by atoms with Crippen molar-refractivity contribution < 1.29 is 27.9 Å². The normalized spacial score (nSPS) is 14.9. The van der Waals surface area contributed by atoms with Crippen LogP contribution in [0.15, 0.2) is 36.7 Å². The van der Waals surface area contributed by atoms with E-state index in [1.165, 1.54) is 6.07 Å². The van der Waals surface area contributed by atoms with E-state index in [2.05, 4.69) is 20.6 Å². The number of aromatic nitrogens is 2. The van der Waals surface area contributed by atoms with Gasteiger partial charge in [0, 0.05) is 49.3 Å². The molecule has 8 nitrogen and oxygen atoms in total. The highest BCUT2D eigenvalue weighted by Gasteiger charge is 2.33. The largest absolute Gasteiger partial charge is 0.481 e. The molecule has 1 saturated heterocycles. The molecule has 1 fully saturated rings. The molecule has 2 heterocycles. The molecule has 166 valence electrons.